The number of nitrogens with zero attached hydrogens (tertiary/aromatic N) is 1. The first kappa shape index (κ1) is 23.9. The normalized spacial score (nSPS) is 15.2. The SMILES string of the molecule is COc1ccc(N=C2NC(=O)/C(=C\c3ccc(OCc4cccc(C(=O)O)c4)c(OC)c3)S2)cc1. The Morgan fingerprint density at radius 1 is 1.03 bits per heavy atom. The van der Waals surface area contributed by atoms with E-state index in [1.165, 1.54) is 24.9 Å². The molecule has 3 aromatic carbocycles. The van der Waals surface area contributed by atoms with E-state index >= 15 is 0 Å². The molecule has 1 saturated heterocycles. The topological polar surface area (TPSA) is 106 Å². The molecule has 2 N–H and O–H groups in total. The monoisotopic (exact) mass is 490 g/mol. The van der Waals surface area contributed by atoms with Crippen LogP contribution in [0.4, 0.5) is 5.69 Å². The van der Waals surface area contributed by atoms with Gasteiger partial charge in [0.25, 0.3) is 5.91 Å². The predicted molar refractivity (Wildman–Crippen MR) is 135 cm³/mol. The standard InChI is InChI=1S/C26H22N2O6S/c1-32-20-9-7-19(8-10-20)27-26-28-24(29)23(35-26)14-16-6-11-21(22(13-16)33-2)34-15-17-4-3-5-18(12-17)25(30)31/h3-14H,15H2,1-2H3,(H,30,31)(H,27,28,29)/b23-14+. The molecule has 0 aromatic heterocycles. The van der Waals surface area contributed by atoms with Gasteiger partial charge in [0.1, 0.15) is 12.4 Å². The van der Waals surface area contributed by atoms with Crippen LogP contribution >= 0.6 is 11.8 Å². The lowest BCUT2D eigenvalue weighted by Crippen LogP contribution is -2.19. The number of thioether (sulfide) groups is 1. The summed E-state index contributed by atoms with van der Waals surface area (Å²) in [7, 11) is 3.12. The molecule has 1 amide bonds. The second kappa shape index (κ2) is 10.8. The lowest BCUT2D eigenvalue weighted by molar-refractivity contribution is -0.115. The van der Waals surface area contributed by atoms with Crippen LogP contribution in [0.1, 0.15) is 21.5 Å². The van der Waals surface area contributed by atoms with E-state index in [9.17, 15) is 9.59 Å². The minimum Gasteiger partial charge on any atom is -0.497 e. The minimum absolute atomic E-state index is 0.182. The second-order valence-corrected chi connectivity index (χ2v) is 8.41. The molecule has 0 bridgehead atoms. The van der Waals surface area contributed by atoms with E-state index in [1.54, 1.807) is 55.7 Å². The van der Waals surface area contributed by atoms with Gasteiger partial charge in [0, 0.05) is 0 Å². The number of carboxylic acids is 1. The van der Waals surface area contributed by atoms with Crippen LogP contribution in [0.3, 0.4) is 0 Å². The van der Waals surface area contributed by atoms with Crippen LogP contribution in [0, 0.1) is 0 Å². The fourth-order valence-corrected chi connectivity index (χ4v) is 4.10. The van der Waals surface area contributed by atoms with Gasteiger partial charge >= 0.3 is 5.97 Å². The molecule has 1 aliphatic rings. The number of nitrogens with one attached hydrogen (secondary N) is 1. The number of benzene rings is 3. The van der Waals surface area contributed by atoms with Crippen LogP contribution in [0.15, 0.2) is 76.6 Å². The molecular formula is C26H22N2O6S. The summed E-state index contributed by atoms with van der Waals surface area (Å²) in [5.41, 5.74) is 2.38. The number of aromatic carboxylic acids is 1. The first-order chi connectivity index (χ1) is 16.9. The lowest BCUT2D eigenvalue weighted by Gasteiger charge is -2.12. The molecule has 3 aromatic rings. The Hall–Kier alpha value is -4.24. The zero-order valence-electron chi connectivity index (χ0n) is 19.0. The number of carboxylic acid groups (broad SMARTS) is 1. The van der Waals surface area contributed by atoms with Gasteiger partial charge in [0.15, 0.2) is 16.7 Å². The van der Waals surface area contributed by atoms with Crippen molar-refractivity contribution in [2.45, 2.75) is 6.61 Å². The maximum Gasteiger partial charge on any atom is 0.335 e. The van der Waals surface area contributed by atoms with Gasteiger partial charge < -0.3 is 24.6 Å². The number of methoxy groups -OCH3 is 2. The fourth-order valence-electron chi connectivity index (χ4n) is 3.25. The van der Waals surface area contributed by atoms with Crippen molar-refractivity contribution in [3.05, 3.63) is 88.3 Å². The first-order valence-electron chi connectivity index (χ1n) is 10.5. The third kappa shape index (κ3) is 6.01. The molecule has 1 heterocycles. The summed E-state index contributed by atoms with van der Waals surface area (Å²) in [5.74, 6) is 0.491. The number of carbonyl (C=O) groups is 2. The van der Waals surface area contributed by atoms with Gasteiger partial charge in [-0.15, -0.1) is 0 Å². The summed E-state index contributed by atoms with van der Waals surface area (Å²) in [4.78, 5) is 28.6. The number of ether oxygens (including phenoxy) is 3. The Morgan fingerprint density at radius 3 is 2.54 bits per heavy atom. The Balaban J connectivity index is 1.46. The average Bonchev–Trinajstić information content (AvgIpc) is 3.21. The van der Waals surface area contributed by atoms with Gasteiger partial charge in [-0.05, 0) is 77.5 Å². The number of hydrogen-bond donors (Lipinski definition) is 2. The van der Waals surface area contributed by atoms with E-state index in [0.717, 1.165) is 16.9 Å². The van der Waals surface area contributed by atoms with Gasteiger partial charge in [-0.3, -0.25) is 4.79 Å². The summed E-state index contributed by atoms with van der Waals surface area (Å²) in [6.07, 6.45) is 1.75. The molecule has 35 heavy (non-hydrogen) atoms. The van der Waals surface area contributed by atoms with Crippen LogP contribution in [0.25, 0.3) is 6.08 Å². The predicted octanol–water partition coefficient (Wildman–Crippen LogP) is 4.87. The molecule has 0 atom stereocenters. The molecule has 8 nitrogen and oxygen atoms in total. The molecule has 0 aliphatic carbocycles. The van der Waals surface area contributed by atoms with E-state index in [0.29, 0.717) is 27.3 Å². The number of carbonyl (C=O) groups excluding carboxylic acids is 1. The van der Waals surface area contributed by atoms with Gasteiger partial charge in [-0.25, -0.2) is 9.79 Å². The van der Waals surface area contributed by atoms with Crippen molar-refractivity contribution >= 4 is 40.6 Å². The molecule has 1 aliphatic heterocycles. The summed E-state index contributed by atoms with van der Waals surface area (Å²) >= 11 is 1.25. The maximum atomic E-state index is 12.4. The number of amidine groups is 1. The van der Waals surface area contributed by atoms with Crippen LogP contribution in [0.2, 0.25) is 0 Å². The van der Waals surface area contributed by atoms with Crippen LogP contribution in [-0.2, 0) is 11.4 Å². The quantitative estimate of drug-likeness (QED) is 0.434. The van der Waals surface area contributed by atoms with Gasteiger partial charge in [0.05, 0.1) is 30.4 Å². The highest BCUT2D eigenvalue weighted by atomic mass is 32.2. The summed E-state index contributed by atoms with van der Waals surface area (Å²) < 4.78 is 16.4. The maximum absolute atomic E-state index is 12.4. The van der Waals surface area contributed by atoms with Crippen LogP contribution in [0.5, 0.6) is 17.2 Å². The van der Waals surface area contributed by atoms with Crippen molar-refractivity contribution < 1.29 is 28.9 Å². The van der Waals surface area contributed by atoms with Gasteiger partial charge in [-0.1, -0.05) is 18.2 Å². The molecule has 0 spiro atoms. The highest BCUT2D eigenvalue weighted by Crippen LogP contribution is 2.33. The Labute approximate surface area is 206 Å². The summed E-state index contributed by atoms with van der Waals surface area (Å²) in [6.45, 7) is 0.182. The van der Waals surface area contributed by atoms with Gasteiger partial charge in [0.2, 0.25) is 0 Å². The van der Waals surface area contributed by atoms with Crippen molar-refractivity contribution in [3.8, 4) is 17.2 Å². The largest absolute Gasteiger partial charge is 0.497 e. The molecule has 9 heteroatoms. The van der Waals surface area contributed by atoms with E-state index in [-0.39, 0.29) is 18.1 Å². The molecule has 178 valence electrons. The first-order valence-corrected chi connectivity index (χ1v) is 11.3. The third-order valence-corrected chi connectivity index (χ3v) is 5.92. The zero-order valence-corrected chi connectivity index (χ0v) is 19.8. The highest BCUT2D eigenvalue weighted by molar-refractivity contribution is 8.18. The molecular weight excluding hydrogens is 468 g/mol. The van der Waals surface area contributed by atoms with E-state index < -0.39 is 5.97 Å². The van der Waals surface area contributed by atoms with Crippen LogP contribution in [-0.4, -0.2) is 36.4 Å². The second-order valence-electron chi connectivity index (χ2n) is 7.38. The van der Waals surface area contributed by atoms with E-state index in [1.807, 2.05) is 18.2 Å². The van der Waals surface area contributed by atoms with Crippen molar-refractivity contribution in [1.82, 2.24) is 5.32 Å². The number of aliphatic imine (C=N–C) groups is 1. The molecule has 0 radical (unpaired) electrons. The van der Waals surface area contributed by atoms with Gasteiger partial charge in [-0.2, -0.15) is 0 Å². The zero-order chi connectivity index (χ0) is 24.8. The fraction of sp³-hybridized carbons (Fsp3) is 0.115. The smallest absolute Gasteiger partial charge is 0.335 e. The lowest BCUT2D eigenvalue weighted by atomic mass is 10.1. The summed E-state index contributed by atoms with van der Waals surface area (Å²) in [5, 5.41) is 12.4. The summed E-state index contributed by atoms with van der Waals surface area (Å²) in [6, 6.07) is 19.1. The Morgan fingerprint density at radius 2 is 1.83 bits per heavy atom. The van der Waals surface area contributed by atoms with Crippen molar-refractivity contribution in [2.24, 2.45) is 4.99 Å². The highest BCUT2D eigenvalue weighted by Gasteiger charge is 2.24. The number of rotatable bonds is 8. The van der Waals surface area contributed by atoms with Crippen LogP contribution < -0.4 is 19.5 Å². The molecule has 1 fully saturated rings. The Kier molecular flexibility index (Phi) is 7.37. The Bertz CT molecular complexity index is 1320. The van der Waals surface area contributed by atoms with E-state index in [2.05, 4.69) is 10.3 Å². The third-order valence-electron chi connectivity index (χ3n) is 5.01. The van der Waals surface area contributed by atoms with Crippen molar-refractivity contribution in [2.75, 3.05) is 14.2 Å². The van der Waals surface area contributed by atoms with E-state index in [4.69, 9.17) is 19.3 Å². The van der Waals surface area contributed by atoms with Crippen molar-refractivity contribution in [1.29, 1.82) is 0 Å². The molecule has 0 unspecified atom stereocenters. The molecule has 4 rings (SSSR count). The average molecular weight is 491 g/mol. The number of amides is 1. The molecule has 0 saturated carbocycles. The number of hydrogen-bond acceptors (Lipinski definition) is 7. The van der Waals surface area contributed by atoms with Crippen molar-refractivity contribution in [3.63, 3.8) is 0 Å². The minimum atomic E-state index is -0.993.